The predicted octanol–water partition coefficient (Wildman–Crippen LogP) is 3.44. The molecule has 2 N–H and O–H groups in total. The average Bonchev–Trinajstić information content (AvgIpc) is 3.31. The number of nitrogens with two attached hydrogens (primary N) is 1. The van der Waals surface area contributed by atoms with Gasteiger partial charge in [-0.1, -0.05) is 24.3 Å². The molecule has 0 aliphatic heterocycles. The molecule has 3 heteroatoms. The van der Waals surface area contributed by atoms with Gasteiger partial charge in [0.15, 0.2) is 0 Å². The molecule has 0 amide bonds. The molecule has 1 saturated carbocycles. The van der Waals surface area contributed by atoms with Gasteiger partial charge in [0, 0.05) is 24.8 Å². The number of anilines is 1. The zero-order valence-electron chi connectivity index (χ0n) is 12.5. The lowest BCUT2D eigenvalue weighted by molar-refractivity contribution is 0.245. The summed E-state index contributed by atoms with van der Waals surface area (Å²) in [6.45, 7) is 1.91. The van der Waals surface area contributed by atoms with Crippen molar-refractivity contribution < 1.29 is 4.74 Å². The normalized spacial score (nSPS) is 14.4. The number of ether oxygens (including phenoxy) is 1. The van der Waals surface area contributed by atoms with E-state index >= 15 is 0 Å². The van der Waals surface area contributed by atoms with Gasteiger partial charge in [0.1, 0.15) is 5.75 Å². The van der Waals surface area contributed by atoms with Gasteiger partial charge < -0.3 is 10.5 Å². The Kier molecular flexibility index (Phi) is 4.11. The highest BCUT2D eigenvalue weighted by Gasteiger charge is 2.28. The fraction of sp³-hybridized carbons (Fsp3) is 0.333. The number of hydrogen-bond donors (Lipinski definition) is 1. The van der Waals surface area contributed by atoms with Crippen LogP contribution in [0.5, 0.6) is 5.75 Å². The van der Waals surface area contributed by atoms with Crippen molar-refractivity contribution >= 4 is 5.69 Å². The van der Waals surface area contributed by atoms with E-state index in [2.05, 4.69) is 35.2 Å². The van der Waals surface area contributed by atoms with Gasteiger partial charge in [-0.05, 0) is 48.2 Å². The minimum Gasteiger partial charge on any atom is -0.497 e. The maximum atomic E-state index is 5.88. The van der Waals surface area contributed by atoms with Gasteiger partial charge in [-0.25, -0.2) is 0 Å². The quantitative estimate of drug-likeness (QED) is 0.825. The third-order valence-electron chi connectivity index (χ3n) is 3.92. The van der Waals surface area contributed by atoms with E-state index in [1.54, 1.807) is 7.11 Å². The molecule has 110 valence electrons. The molecular weight excluding hydrogens is 260 g/mol. The molecule has 0 unspecified atom stereocenters. The second-order valence-corrected chi connectivity index (χ2v) is 5.73. The molecule has 0 aromatic heterocycles. The van der Waals surface area contributed by atoms with Crippen molar-refractivity contribution in [1.29, 1.82) is 0 Å². The summed E-state index contributed by atoms with van der Waals surface area (Å²) in [7, 11) is 1.71. The van der Waals surface area contributed by atoms with E-state index < -0.39 is 0 Å². The fourth-order valence-corrected chi connectivity index (χ4v) is 2.69. The van der Waals surface area contributed by atoms with Crippen molar-refractivity contribution in [3.8, 4) is 5.75 Å². The van der Waals surface area contributed by atoms with Gasteiger partial charge in [-0.2, -0.15) is 0 Å². The Balaban J connectivity index is 1.72. The fourth-order valence-electron chi connectivity index (χ4n) is 2.69. The summed E-state index contributed by atoms with van der Waals surface area (Å²) in [5.41, 5.74) is 9.30. The molecule has 2 aromatic rings. The van der Waals surface area contributed by atoms with Gasteiger partial charge in [0.05, 0.1) is 7.11 Å². The second-order valence-electron chi connectivity index (χ2n) is 5.73. The monoisotopic (exact) mass is 282 g/mol. The summed E-state index contributed by atoms with van der Waals surface area (Å²) in [5.74, 6) is 0.923. The first-order valence-corrected chi connectivity index (χ1v) is 7.46. The van der Waals surface area contributed by atoms with Gasteiger partial charge in [-0.15, -0.1) is 0 Å². The summed E-state index contributed by atoms with van der Waals surface area (Å²) in [6, 6.07) is 17.2. The van der Waals surface area contributed by atoms with Crippen molar-refractivity contribution in [3.63, 3.8) is 0 Å². The summed E-state index contributed by atoms with van der Waals surface area (Å²) < 4.78 is 5.31. The highest BCUT2D eigenvalue weighted by Crippen LogP contribution is 2.30. The molecule has 3 rings (SSSR count). The number of hydrogen-bond acceptors (Lipinski definition) is 3. The zero-order valence-corrected chi connectivity index (χ0v) is 12.5. The summed E-state index contributed by atoms with van der Waals surface area (Å²) in [5, 5.41) is 0. The zero-order chi connectivity index (χ0) is 14.7. The molecule has 0 heterocycles. The molecule has 0 bridgehead atoms. The van der Waals surface area contributed by atoms with Crippen LogP contribution in [-0.4, -0.2) is 18.1 Å². The molecule has 1 aliphatic carbocycles. The van der Waals surface area contributed by atoms with Crippen LogP contribution >= 0.6 is 0 Å². The van der Waals surface area contributed by atoms with E-state index in [1.807, 2.05) is 18.2 Å². The molecule has 0 radical (unpaired) electrons. The highest BCUT2D eigenvalue weighted by atomic mass is 16.5. The first kappa shape index (κ1) is 14.0. The summed E-state index contributed by atoms with van der Waals surface area (Å²) in [4.78, 5) is 2.53. The van der Waals surface area contributed by atoms with Crippen LogP contribution in [-0.2, 0) is 13.1 Å². The van der Waals surface area contributed by atoms with E-state index in [1.165, 1.54) is 24.0 Å². The van der Waals surface area contributed by atoms with Crippen LogP contribution < -0.4 is 10.5 Å². The topological polar surface area (TPSA) is 38.5 Å². The molecule has 21 heavy (non-hydrogen) atoms. The van der Waals surface area contributed by atoms with Crippen LogP contribution in [0.3, 0.4) is 0 Å². The Hall–Kier alpha value is -2.00. The smallest absolute Gasteiger partial charge is 0.119 e. The minimum absolute atomic E-state index is 0.706. The van der Waals surface area contributed by atoms with Crippen molar-refractivity contribution in [2.45, 2.75) is 32.0 Å². The Bertz CT molecular complexity index is 608. The van der Waals surface area contributed by atoms with Crippen LogP contribution in [0.1, 0.15) is 24.0 Å². The summed E-state index contributed by atoms with van der Waals surface area (Å²) >= 11 is 0. The van der Waals surface area contributed by atoms with E-state index in [0.29, 0.717) is 6.04 Å². The van der Waals surface area contributed by atoms with Crippen LogP contribution in [0, 0.1) is 0 Å². The van der Waals surface area contributed by atoms with E-state index in [9.17, 15) is 0 Å². The average molecular weight is 282 g/mol. The Morgan fingerprint density at radius 2 is 1.71 bits per heavy atom. The van der Waals surface area contributed by atoms with Crippen LogP contribution in [0.25, 0.3) is 0 Å². The lowest BCUT2D eigenvalue weighted by Crippen LogP contribution is -2.25. The molecular formula is C18H22N2O. The molecule has 2 aromatic carbocycles. The van der Waals surface area contributed by atoms with E-state index in [4.69, 9.17) is 10.5 Å². The van der Waals surface area contributed by atoms with Crippen LogP contribution in [0.15, 0.2) is 48.5 Å². The van der Waals surface area contributed by atoms with Crippen LogP contribution in [0.4, 0.5) is 5.69 Å². The van der Waals surface area contributed by atoms with Crippen molar-refractivity contribution in [2.24, 2.45) is 0 Å². The van der Waals surface area contributed by atoms with Gasteiger partial charge >= 0.3 is 0 Å². The number of methoxy groups -OCH3 is 1. The SMILES string of the molecule is COc1cccc(CN(Cc2cccc(N)c2)C2CC2)c1. The lowest BCUT2D eigenvalue weighted by atomic mass is 10.1. The number of rotatable bonds is 6. The third kappa shape index (κ3) is 3.76. The highest BCUT2D eigenvalue weighted by molar-refractivity contribution is 5.40. The number of nitrogens with zero attached hydrogens (tertiary/aromatic N) is 1. The second kappa shape index (κ2) is 6.19. The first-order chi connectivity index (χ1) is 10.2. The maximum Gasteiger partial charge on any atom is 0.119 e. The Morgan fingerprint density at radius 3 is 2.33 bits per heavy atom. The standard InChI is InChI=1S/C18H22N2O/c1-21-18-7-3-5-15(11-18)13-20(17-8-9-17)12-14-4-2-6-16(19)10-14/h2-7,10-11,17H,8-9,12-13,19H2,1H3. The maximum absolute atomic E-state index is 5.88. The predicted molar refractivity (Wildman–Crippen MR) is 86.1 cm³/mol. The van der Waals surface area contributed by atoms with Crippen molar-refractivity contribution in [3.05, 3.63) is 59.7 Å². The van der Waals surface area contributed by atoms with Crippen LogP contribution in [0.2, 0.25) is 0 Å². The molecule has 1 aliphatic rings. The molecule has 3 nitrogen and oxygen atoms in total. The van der Waals surface area contributed by atoms with Gasteiger partial charge in [-0.3, -0.25) is 4.90 Å². The van der Waals surface area contributed by atoms with E-state index in [-0.39, 0.29) is 0 Å². The van der Waals surface area contributed by atoms with Crippen molar-refractivity contribution in [2.75, 3.05) is 12.8 Å². The molecule has 0 spiro atoms. The first-order valence-electron chi connectivity index (χ1n) is 7.46. The molecule has 0 atom stereocenters. The van der Waals surface area contributed by atoms with Gasteiger partial charge in [0.2, 0.25) is 0 Å². The molecule has 0 saturated heterocycles. The van der Waals surface area contributed by atoms with E-state index in [0.717, 1.165) is 24.5 Å². The lowest BCUT2D eigenvalue weighted by Gasteiger charge is -2.22. The number of benzene rings is 2. The van der Waals surface area contributed by atoms with Crippen molar-refractivity contribution in [1.82, 2.24) is 4.90 Å². The third-order valence-corrected chi connectivity index (χ3v) is 3.92. The van der Waals surface area contributed by atoms with Gasteiger partial charge in [0.25, 0.3) is 0 Å². The Morgan fingerprint density at radius 1 is 1.05 bits per heavy atom. The Labute approximate surface area is 126 Å². The largest absolute Gasteiger partial charge is 0.497 e. The molecule has 1 fully saturated rings. The minimum atomic E-state index is 0.706. The number of nitrogen functional groups attached to an aromatic ring is 1. The summed E-state index contributed by atoms with van der Waals surface area (Å²) in [6.07, 6.45) is 2.60.